The molecule has 7 heteroatoms. The first kappa shape index (κ1) is 17.9. The van der Waals surface area contributed by atoms with Crippen LogP contribution < -0.4 is 10.9 Å². The van der Waals surface area contributed by atoms with Crippen LogP contribution in [0.1, 0.15) is 37.4 Å². The van der Waals surface area contributed by atoms with E-state index in [9.17, 15) is 9.18 Å². The van der Waals surface area contributed by atoms with E-state index < -0.39 is 0 Å². The van der Waals surface area contributed by atoms with Crippen molar-refractivity contribution in [1.29, 1.82) is 0 Å². The van der Waals surface area contributed by atoms with Crippen LogP contribution in [0.25, 0.3) is 0 Å². The molecule has 0 radical (unpaired) electrons. The van der Waals surface area contributed by atoms with Gasteiger partial charge in [0.2, 0.25) is 0 Å². The number of nitrogens with one attached hydrogen (secondary N) is 1. The average Bonchev–Trinajstić information content (AvgIpc) is 2.64. The van der Waals surface area contributed by atoms with Crippen LogP contribution in [0.4, 0.5) is 10.1 Å². The second-order valence-corrected chi connectivity index (χ2v) is 6.74. The van der Waals surface area contributed by atoms with E-state index in [1.54, 1.807) is 13.2 Å². The summed E-state index contributed by atoms with van der Waals surface area (Å²) in [4.78, 5) is 14.7. The fourth-order valence-corrected chi connectivity index (χ4v) is 3.58. The third-order valence-corrected chi connectivity index (χ3v) is 5.32. The second kappa shape index (κ2) is 7.54. The van der Waals surface area contributed by atoms with Gasteiger partial charge in [0.1, 0.15) is 10.8 Å². The summed E-state index contributed by atoms with van der Waals surface area (Å²) < 4.78 is 14.6. The number of benzene rings is 1. The molecule has 0 saturated carbocycles. The molecule has 1 aromatic carbocycles. The lowest BCUT2D eigenvalue weighted by Gasteiger charge is -2.36. The zero-order valence-corrected chi connectivity index (χ0v) is 15.1. The van der Waals surface area contributed by atoms with E-state index in [1.165, 1.54) is 16.8 Å². The summed E-state index contributed by atoms with van der Waals surface area (Å²) in [6.07, 6.45) is 3.25. The molecule has 0 amide bonds. The van der Waals surface area contributed by atoms with Gasteiger partial charge in [-0.3, -0.25) is 9.69 Å². The molecule has 3 rings (SSSR count). The van der Waals surface area contributed by atoms with E-state index in [0.29, 0.717) is 5.69 Å². The molecule has 1 unspecified atom stereocenters. The number of halogens is 2. The molecule has 1 fully saturated rings. The summed E-state index contributed by atoms with van der Waals surface area (Å²) >= 11 is 6.11. The average molecular weight is 365 g/mol. The Kier molecular flexibility index (Phi) is 5.39. The fraction of sp³-hybridized carbons (Fsp3) is 0.444. The normalized spacial score (nSPS) is 17.4. The smallest absolute Gasteiger partial charge is 0.287 e. The molecule has 1 atom stereocenters. The molecule has 1 N–H and O–H groups in total. The van der Waals surface area contributed by atoms with Crippen LogP contribution in [0.2, 0.25) is 5.02 Å². The maximum absolute atomic E-state index is 13.1. The molecule has 0 aliphatic carbocycles. The second-order valence-electron chi connectivity index (χ2n) is 6.37. The van der Waals surface area contributed by atoms with Crippen molar-refractivity contribution in [1.82, 2.24) is 14.7 Å². The van der Waals surface area contributed by atoms with Gasteiger partial charge in [0.15, 0.2) is 0 Å². The summed E-state index contributed by atoms with van der Waals surface area (Å²) in [7, 11) is 1.71. The Labute approximate surface area is 151 Å². The Morgan fingerprint density at radius 1 is 1.28 bits per heavy atom. The first-order chi connectivity index (χ1) is 12.0. The first-order valence-electron chi connectivity index (χ1n) is 8.46. The van der Waals surface area contributed by atoms with Gasteiger partial charge in [-0.15, -0.1) is 0 Å². The molecule has 134 valence electrons. The van der Waals surface area contributed by atoms with Crippen molar-refractivity contribution < 1.29 is 4.39 Å². The summed E-state index contributed by atoms with van der Waals surface area (Å²) in [5.41, 5.74) is 1.39. The number of hydrogen-bond acceptors (Lipinski definition) is 4. The fourth-order valence-electron chi connectivity index (χ4n) is 3.35. The van der Waals surface area contributed by atoms with Crippen molar-refractivity contribution in [3.8, 4) is 0 Å². The Morgan fingerprint density at radius 3 is 2.52 bits per heavy atom. The van der Waals surface area contributed by atoms with Gasteiger partial charge in [-0.1, -0.05) is 23.7 Å². The molecule has 5 nitrogen and oxygen atoms in total. The summed E-state index contributed by atoms with van der Waals surface area (Å²) in [5.74, 6) is -0.220. The molecule has 1 aliphatic heterocycles. The lowest BCUT2D eigenvalue weighted by Crippen LogP contribution is -2.39. The largest absolute Gasteiger partial charge is 0.385 e. The third kappa shape index (κ3) is 3.70. The van der Waals surface area contributed by atoms with Gasteiger partial charge in [-0.05, 0) is 37.5 Å². The Morgan fingerprint density at radius 2 is 1.92 bits per heavy atom. The molecule has 2 heterocycles. The molecule has 1 saturated heterocycles. The molecule has 0 spiro atoms. The highest BCUT2D eigenvalue weighted by atomic mass is 35.5. The topological polar surface area (TPSA) is 50.2 Å². The molecular formula is C18H22ClFN4O. The number of likely N-dealkylation sites (tertiary alicyclic amines) is 1. The predicted molar refractivity (Wildman–Crippen MR) is 97.7 cm³/mol. The summed E-state index contributed by atoms with van der Waals surface area (Å²) in [6, 6.07) is 6.90. The van der Waals surface area contributed by atoms with Gasteiger partial charge in [-0.25, -0.2) is 9.07 Å². The van der Waals surface area contributed by atoms with Crippen molar-refractivity contribution in [2.24, 2.45) is 0 Å². The zero-order valence-electron chi connectivity index (χ0n) is 14.4. The Balaban J connectivity index is 1.69. The van der Waals surface area contributed by atoms with Crippen molar-refractivity contribution in [2.45, 2.75) is 31.8 Å². The van der Waals surface area contributed by atoms with Gasteiger partial charge >= 0.3 is 0 Å². The predicted octanol–water partition coefficient (Wildman–Crippen LogP) is 3.48. The minimum absolute atomic E-state index is 0.0487. The maximum atomic E-state index is 13.1. The molecule has 25 heavy (non-hydrogen) atoms. The number of anilines is 1. The highest BCUT2D eigenvalue weighted by molar-refractivity contribution is 6.32. The van der Waals surface area contributed by atoms with E-state index in [1.807, 2.05) is 12.1 Å². The number of rotatable bonds is 4. The molecule has 1 aliphatic rings. The molecular weight excluding hydrogens is 343 g/mol. The van der Waals surface area contributed by atoms with Gasteiger partial charge in [0.05, 0.1) is 17.9 Å². The van der Waals surface area contributed by atoms with Crippen LogP contribution in [0.15, 0.2) is 35.3 Å². The van der Waals surface area contributed by atoms with E-state index in [2.05, 4.69) is 22.2 Å². The van der Waals surface area contributed by atoms with Crippen molar-refractivity contribution in [3.05, 3.63) is 57.2 Å². The Bertz CT molecular complexity index is 785. The van der Waals surface area contributed by atoms with Gasteiger partial charge in [-0.2, -0.15) is 5.10 Å². The van der Waals surface area contributed by atoms with Crippen molar-refractivity contribution in [3.63, 3.8) is 0 Å². The van der Waals surface area contributed by atoms with Crippen molar-refractivity contribution >= 4 is 17.3 Å². The highest BCUT2D eigenvalue weighted by Crippen LogP contribution is 2.28. The highest BCUT2D eigenvalue weighted by Gasteiger charge is 2.26. The van der Waals surface area contributed by atoms with Crippen LogP contribution in [0.3, 0.4) is 0 Å². The maximum Gasteiger partial charge on any atom is 0.287 e. The number of aromatic nitrogens is 2. The number of nitrogens with zero attached hydrogens (tertiary/aromatic N) is 3. The van der Waals surface area contributed by atoms with Crippen LogP contribution >= 0.6 is 11.6 Å². The van der Waals surface area contributed by atoms with Crippen LogP contribution in [-0.2, 0) is 0 Å². The Hall–Kier alpha value is -1.92. The van der Waals surface area contributed by atoms with Crippen molar-refractivity contribution in [2.75, 3.05) is 25.5 Å². The molecule has 1 aromatic heterocycles. The minimum Gasteiger partial charge on any atom is -0.385 e. The quantitative estimate of drug-likeness (QED) is 0.902. The first-order valence-corrected chi connectivity index (χ1v) is 8.83. The summed E-state index contributed by atoms with van der Waals surface area (Å²) in [6.45, 7) is 3.82. The standard InChI is InChI=1S/C18H22ClFN4O/c1-12(13-3-5-14(20)6-4-13)23-9-7-15(8-10-23)24-18(25)17(19)16(21-2)11-22-24/h3-6,11-12,15,21H,7-10H2,1-2H3. The number of piperidine rings is 1. The SMILES string of the molecule is CNc1cnn(C2CCN(C(C)c3ccc(F)cc3)CC2)c(=O)c1Cl. The van der Waals surface area contributed by atoms with Gasteiger partial charge in [0, 0.05) is 26.2 Å². The lowest BCUT2D eigenvalue weighted by molar-refractivity contribution is 0.137. The lowest BCUT2D eigenvalue weighted by atomic mass is 10.00. The van der Waals surface area contributed by atoms with Gasteiger partial charge < -0.3 is 5.32 Å². The minimum atomic E-state index is -0.251. The number of hydrogen-bond donors (Lipinski definition) is 1. The van der Waals surface area contributed by atoms with Crippen LogP contribution in [-0.4, -0.2) is 34.8 Å². The zero-order chi connectivity index (χ0) is 18.0. The monoisotopic (exact) mass is 364 g/mol. The van der Waals surface area contributed by atoms with E-state index in [0.717, 1.165) is 31.5 Å². The molecule has 0 bridgehead atoms. The third-order valence-electron chi connectivity index (χ3n) is 4.96. The van der Waals surface area contributed by atoms with E-state index in [-0.39, 0.29) is 28.5 Å². The molecule has 2 aromatic rings. The summed E-state index contributed by atoms with van der Waals surface area (Å²) in [5, 5.41) is 7.32. The van der Waals surface area contributed by atoms with Crippen LogP contribution in [0, 0.1) is 5.82 Å². The van der Waals surface area contributed by atoms with E-state index >= 15 is 0 Å². The van der Waals surface area contributed by atoms with E-state index in [4.69, 9.17) is 11.6 Å². The van der Waals surface area contributed by atoms with Crippen LogP contribution in [0.5, 0.6) is 0 Å². The van der Waals surface area contributed by atoms with Gasteiger partial charge in [0.25, 0.3) is 5.56 Å².